The maximum absolute atomic E-state index is 3.81. The van der Waals surface area contributed by atoms with Gasteiger partial charge in [-0.05, 0) is 69.2 Å². The summed E-state index contributed by atoms with van der Waals surface area (Å²) in [5, 5.41) is 3.81. The summed E-state index contributed by atoms with van der Waals surface area (Å²) >= 11 is 1.91. The number of hydrogen-bond donors (Lipinski definition) is 1. The van der Waals surface area contributed by atoms with Crippen LogP contribution in [0.1, 0.15) is 58.2 Å². The SMILES string of the molecule is Cc1cc(C(C)NC2CC(c3ccccc3C)C2)c(C)s1. The Bertz CT molecular complexity index is 622. The van der Waals surface area contributed by atoms with Crippen LogP contribution in [-0.4, -0.2) is 6.04 Å². The minimum atomic E-state index is 0.470. The molecule has 21 heavy (non-hydrogen) atoms. The number of nitrogens with one attached hydrogen (secondary N) is 1. The molecule has 0 saturated heterocycles. The van der Waals surface area contributed by atoms with Gasteiger partial charge in [-0.25, -0.2) is 0 Å². The molecule has 1 heterocycles. The summed E-state index contributed by atoms with van der Waals surface area (Å²) in [5.74, 6) is 0.751. The molecule has 0 radical (unpaired) electrons. The third kappa shape index (κ3) is 3.07. The quantitative estimate of drug-likeness (QED) is 0.811. The maximum atomic E-state index is 3.81. The molecule has 2 heteroatoms. The zero-order valence-electron chi connectivity index (χ0n) is 13.4. The third-order valence-electron chi connectivity index (χ3n) is 4.80. The van der Waals surface area contributed by atoms with Gasteiger partial charge in [-0.3, -0.25) is 0 Å². The van der Waals surface area contributed by atoms with Crippen LogP contribution in [0.5, 0.6) is 0 Å². The summed E-state index contributed by atoms with van der Waals surface area (Å²) in [5.41, 5.74) is 4.47. The molecule has 0 amide bonds. The van der Waals surface area contributed by atoms with Crippen molar-refractivity contribution in [2.75, 3.05) is 0 Å². The van der Waals surface area contributed by atoms with E-state index in [0.717, 1.165) is 5.92 Å². The van der Waals surface area contributed by atoms with E-state index in [1.54, 1.807) is 5.56 Å². The highest BCUT2D eigenvalue weighted by molar-refractivity contribution is 7.12. The van der Waals surface area contributed by atoms with Crippen molar-refractivity contribution >= 4 is 11.3 Å². The molecular formula is C19H25NS. The second kappa shape index (κ2) is 5.94. The van der Waals surface area contributed by atoms with Crippen LogP contribution in [0, 0.1) is 20.8 Å². The fourth-order valence-corrected chi connectivity index (χ4v) is 4.60. The molecule has 1 nitrogen and oxygen atoms in total. The number of rotatable bonds is 4. The van der Waals surface area contributed by atoms with Crippen molar-refractivity contribution in [2.45, 2.75) is 58.5 Å². The first kappa shape index (κ1) is 14.8. The first-order valence-corrected chi connectivity index (χ1v) is 8.74. The minimum absolute atomic E-state index is 0.470. The number of aryl methyl sites for hydroxylation is 3. The van der Waals surface area contributed by atoms with Gasteiger partial charge in [0.1, 0.15) is 0 Å². The average Bonchev–Trinajstić information content (AvgIpc) is 2.73. The fourth-order valence-electron chi connectivity index (χ4n) is 3.58. The van der Waals surface area contributed by atoms with Gasteiger partial charge in [0.05, 0.1) is 0 Å². The summed E-state index contributed by atoms with van der Waals surface area (Å²) in [7, 11) is 0. The Kier molecular flexibility index (Phi) is 4.19. The summed E-state index contributed by atoms with van der Waals surface area (Å²) in [6.45, 7) is 8.97. The average molecular weight is 299 g/mol. The van der Waals surface area contributed by atoms with Gasteiger partial charge >= 0.3 is 0 Å². The Morgan fingerprint density at radius 1 is 1.14 bits per heavy atom. The summed E-state index contributed by atoms with van der Waals surface area (Å²) in [6, 6.07) is 12.3. The lowest BCUT2D eigenvalue weighted by molar-refractivity contribution is 0.270. The summed E-state index contributed by atoms with van der Waals surface area (Å²) in [4.78, 5) is 2.88. The van der Waals surface area contributed by atoms with Crippen LogP contribution in [-0.2, 0) is 0 Å². The van der Waals surface area contributed by atoms with E-state index in [4.69, 9.17) is 0 Å². The van der Waals surface area contributed by atoms with Gasteiger partial charge in [-0.1, -0.05) is 24.3 Å². The standard InChI is InChI=1S/C19H25NS/c1-12-7-5-6-8-18(12)16-10-17(11-16)20-14(3)19-9-13(2)21-15(19)4/h5-9,14,16-17,20H,10-11H2,1-4H3. The van der Waals surface area contributed by atoms with Gasteiger partial charge in [0.2, 0.25) is 0 Å². The summed E-state index contributed by atoms with van der Waals surface area (Å²) in [6.07, 6.45) is 2.55. The topological polar surface area (TPSA) is 12.0 Å². The molecule has 0 aliphatic heterocycles. The first-order valence-electron chi connectivity index (χ1n) is 7.93. The smallest absolute Gasteiger partial charge is 0.0305 e. The number of thiophene rings is 1. The molecular weight excluding hydrogens is 274 g/mol. The second-order valence-electron chi connectivity index (χ2n) is 6.48. The van der Waals surface area contributed by atoms with Crippen LogP contribution in [0.4, 0.5) is 0 Å². The van der Waals surface area contributed by atoms with Gasteiger partial charge in [0.15, 0.2) is 0 Å². The van der Waals surface area contributed by atoms with E-state index in [9.17, 15) is 0 Å². The molecule has 1 N–H and O–H groups in total. The molecule has 1 aliphatic rings. The first-order chi connectivity index (χ1) is 10.0. The van der Waals surface area contributed by atoms with Gasteiger partial charge < -0.3 is 5.32 Å². The van der Waals surface area contributed by atoms with Gasteiger partial charge in [0, 0.05) is 21.8 Å². The van der Waals surface area contributed by atoms with Crippen LogP contribution < -0.4 is 5.32 Å². The summed E-state index contributed by atoms with van der Waals surface area (Å²) < 4.78 is 0. The van der Waals surface area contributed by atoms with Crippen molar-refractivity contribution in [1.29, 1.82) is 0 Å². The third-order valence-corrected chi connectivity index (χ3v) is 5.78. The van der Waals surface area contributed by atoms with Crippen molar-refractivity contribution in [3.8, 4) is 0 Å². The van der Waals surface area contributed by atoms with E-state index < -0.39 is 0 Å². The van der Waals surface area contributed by atoms with Gasteiger partial charge in [0.25, 0.3) is 0 Å². The number of benzene rings is 1. The predicted molar refractivity (Wildman–Crippen MR) is 92.3 cm³/mol. The predicted octanol–water partition coefficient (Wildman–Crippen LogP) is 5.27. The Morgan fingerprint density at radius 3 is 2.48 bits per heavy atom. The molecule has 3 rings (SSSR count). The van der Waals surface area contributed by atoms with Crippen LogP contribution in [0.2, 0.25) is 0 Å². The lowest BCUT2D eigenvalue weighted by atomic mass is 9.74. The van der Waals surface area contributed by atoms with Crippen LogP contribution in [0.25, 0.3) is 0 Å². The van der Waals surface area contributed by atoms with Crippen molar-refractivity contribution in [1.82, 2.24) is 5.32 Å². The van der Waals surface area contributed by atoms with Gasteiger partial charge in [-0.15, -0.1) is 11.3 Å². The molecule has 1 atom stereocenters. The Hall–Kier alpha value is -1.12. The van der Waals surface area contributed by atoms with Gasteiger partial charge in [-0.2, -0.15) is 0 Å². The lowest BCUT2D eigenvalue weighted by Gasteiger charge is -2.39. The van der Waals surface area contributed by atoms with E-state index in [0.29, 0.717) is 12.1 Å². The monoisotopic (exact) mass is 299 g/mol. The lowest BCUT2D eigenvalue weighted by Crippen LogP contribution is -2.41. The number of hydrogen-bond acceptors (Lipinski definition) is 2. The fraction of sp³-hybridized carbons (Fsp3) is 0.474. The van der Waals surface area contributed by atoms with E-state index in [-0.39, 0.29) is 0 Å². The largest absolute Gasteiger partial charge is 0.307 e. The van der Waals surface area contributed by atoms with E-state index in [2.05, 4.69) is 63.3 Å². The zero-order chi connectivity index (χ0) is 15.0. The van der Waals surface area contributed by atoms with E-state index in [1.165, 1.54) is 33.7 Å². The molecule has 1 saturated carbocycles. The van der Waals surface area contributed by atoms with Crippen LogP contribution >= 0.6 is 11.3 Å². The Balaban J connectivity index is 1.58. The molecule has 1 fully saturated rings. The molecule has 0 spiro atoms. The molecule has 1 unspecified atom stereocenters. The van der Waals surface area contributed by atoms with Crippen molar-refractivity contribution < 1.29 is 0 Å². The highest BCUT2D eigenvalue weighted by Gasteiger charge is 2.32. The van der Waals surface area contributed by atoms with E-state index in [1.807, 2.05) is 11.3 Å². The van der Waals surface area contributed by atoms with Crippen molar-refractivity contribution in [3.05, 3.63) is 56.8 Å². The molecule has 112 valence electrons. The maximum Gasteiger partial charge on any atom is 0.0305 e. The molecule has 1 aliphatic carbocycles. The normalized spacial score (nSPS) is 22.9. The van der Waals surface area contributed by atoms with E-state index >= 15 is 0 Å². The molecule has 2 aromatic rings. The van der Waals surface area contributed by atoms with Crippen molar-refractivity contribution in [2.24, 2.45) is 0 Å². The molecule has 1 aromatic carbocycles. The van der Waals surface area contributed by atoms with Crippen LogP contribution in [0.3, 0.4) is 0 Å². The van der Waals surface area contributed by atoms with Crippen molar-refractivity contribution in [3.63, 3.8) is 0 Å². The second-order valence-corrected chi connectivity index (χ2v) is 7.94. The Morgan fingerprint density at radius 2 is 1.86 bits per heavy atom. The van der Waals surface area contributed by atoms with Crippen LogP contribution in [0.15, 0.2) is 30.3 Å². The minimum Gasteiger partial charge on any atom is -0.307 e. The zero-order valence-corrected chi connectivity index (χ0v) is 14.3. The molecule has 1 aromatic heterocycles. The Labute approximate surface area is 132 Å². The highest BCUT2D eigenvalue weighted by Crippen LogP contribution is 2.39. The highest BCUT2D eigenvalue weighted by atomic mass is 32.1. The molecule has 0 bridgehead atoms.